The van der Waals surface area contributed by atoms with E-state index in [4.69, 9.17) is 9.26 Å². The second-order valence-electron chi connectivity index (χ2n) is 5.71. The third-order valence-corrected chi connectivity index (χ3v) is 4.10. The van der Waals surface area contributed by atoms with Gasteiger partial charge >= 0.3 is 5.97 Å². The molecule has 2 N–H and O–H groups in total. The maximum atomic E-state index is 11.5. The van der Waals surface area contributed by atoms with E-state index in [0.717, 1.165) is 35.4 Å². The van der Waals surface area contributed by atoms with Crippen molar-refractivity contribution in [1.29, 1.82) is 0 Å². The summed E-state index contributed by atoms with van der Waals surface area (Å²) in [4.78, 5) is 15.7. The van der Waals surface area contributed by atoms with Gasteiger partial charge in [0.25, 0.3) is 0 Å². The first-order valence-corrected chi connectivity index (χ1v) is 8.70. The normalized spacial score (nSPS) is 11.3. The fraction of sp³-hybridized carbons (Fsp3) is 0.421. The summed E-state index contributed by atoms with van der Waals surface area (Å²) in [6, 6.07) is 7.27. The standard InChI is InChI=1S/C19H26N4O3/c1-5-16-15(17(6-2)26-23-16)12-22-19(20-3)21-11-13-7-9-14(10-8-13)18(24)25-4/h7-10H,5-6,11-12H2,1-4H3,(H2,20,21,22). The maximum absolute atomic E-state index is 11.5. The number of nitrogens with zero attached hydrogens (tertiary/aromatic N) is 2. The van der Waals surface area contributed by atoms with Crippen LogP contribution in [0.1, 0.15) is 46.8 Å². The van der Waals surface area contributed by atoms with E-state index in [0.29, 0.717) is 24.6 Å². The fourth-order valence-electron chi connectivity index (χ4n) is 2.59. The Morgan fingerprint density at radius 2 is 1.85 bits per heavy atom. The average Bonchev–Trinajstić information content (AvgIpc) is 3.09. The van der Waals surface area contributed by atoms with Crippen molar-refractivity contribution in [2.45, 2.75) is 39.8 Å². The lowest BCUT2D eigenvalue weighted by Crippen LogP contribution is -2.36. The van der Waals surface area contributed by atoms with Crippen molar-refractivity contribution in [2.24, 2.45) is 4.99 Å². The van der Waals surface area contributed by atoms with Crippen LogP contribution in [0.3, 0.4) is 0 Å². The predicted octanol–water partition coefficient (Wildman–Crippen LogP) is 2.45. The minimum Gasteiger partial charge on any atom is -0.465 e. The summed E-state index contributed by atoms with van der Waals surface area (Å²) in [6.07, 6.45) is 1.64. The zero-order valence-electron chi connectivity index (χ0n) is 15.8. The number of aryl methyl sites for hydroxylation is 2. The SMILES string of the molecule is CCc1noc(CC)c1CNC(=NC)NCc1ccc(C(=O)OC)cc1. The molecule has 7 heteroatoms. The third-order valence-electron chi connectivity index (χ3n) is 4.10. The predicted molar refractivity (Wildman–Crippen MR) is 100 cm³/mol. The second-order valence-corrected chi connectivity index (χ2v) is 5.71. The van der Waals surface area contributed by atoms with Gasteiger partial charge in [0.1, 0.15) is 5.76 Å². The van der Waals surface area contributed by atoms with Crippen LogP contribution in [-0.4, -0.2) is 31.2 Å². The number of hydrogen-bond donors (Lipinski definition) is 2. The Hall–Kier alpha value is -2.83. The fourth-order valence-corrected chi connectivity index (χ4v) is 2.59. The molecule has 0 saturated carbocycles. The van der Waals surface area contributed by atoms with E-state index in [2.05, 4.69) is 34.6 Å². The van der Waals surface area contributed by atoms with Crippen LogP contribution in [-0.2, 0) is 30.7 Å². The lowest BCUT2D eigenvalue weighted by Gasteiger charge is -2.12. The molecular formula is C19H26N4O3. The molecule has 1 heterocycles. The van der Waals surface area contributed by atoms with E-state index in [-0.39, 0.29) is 5.97 Å². The number of aromatic nitrogens is 1. The van der Waals surface area contributed by atoms with E-state index in [1.165, 1.54) is 7.11 Å². The monoisotopic (exact) mass is 358 g/mol. The van der Waals surface area contributed by atoms with Crippen molar-refractivity contribution >= 4 is 11.9 Å². The van der Waals surface area contributed by atoms with Gasteiger partial charge in [-0.05, 0) is 24.1 Å². The highest BCUT2D eigenvalue weighted by molar-refractivity contribution is 5.89. The van der Waals surface area contributed by atoms with Gasteiger partial charge in [0.05, 0.1) is 18.4 Å². The molecule has 0 aliphatic carbocycles. The Labute approximate surface area is 153 Å². The van der Waals surface area contributed by atoms with Crippen LogP contribution in [0.2, 0.25) is 0 Å². The smallest absolute Gasteiger partial charge is 0.337 e. The number of esters is 1. The van der Waals surface area contributed by atoms with Gasteiger partial charge in [-0.2, -0.15) is 0 Å². The van der Waals surface area contributed by atoms with E-state index < -0.39 is 0 Å². The Kier molecular flexibility index (Phi) is 7.20. The van der Waals surface area contributed by atoms with Gasteiger partial charge < -0.3 is 19.9 Å². The highest BCUT2D eigenvalue weighted by Crippen LogP contribution is 2.15. The number of methoxy groups -OCH3 is 1. The molecule has 26 heavy (non-hydrogen) atoms. The van der Waals surface area contributed by atoms with Crippen molar-refractivity contribution in [1.82, 2.24) is 15.8 Å². The van der Waals surface area contributed by atoms with Gasteiger partial charge in [0.2, 0.25) is 0 Å². The van der Waals surface area contributed by atoms with Crippen LogP contribution in [0.15, 0.2) is 33.8 Å². The number of aliphatic imine (C=N–C) groups is 1. The molecule has 2 aromatic rings. The third kappa shape index (κ3) is 4.84. The summed E-state index contributed by atoms with van der Waals surface area (Å²) in [5, 5.41) is 10.7. The molecule has 1 aromatic carbocycles. The number of nitrogens with one attached hydrogen (secondary N) is 2. The van der Waals surface area contributed by atoms with Crippen LogP contribution in [0, 0.1) is 0 Å². The Morgan fingerprint density at radius 3 is 2.42 bits per heavy atom. The van der Waals surface area contributed by atoms with E-state index in [1.54, 1.807) is 19.2 Å². The molecule has 7 nitrogen and oxygen atoms in total. The summed E-state index contributed by atoms with van der Waals surface area (Å²) < 4.78 is 10.1. The zero-order chi connectivity index (χ0) is 18.9. The molecule has 0 fully saturated rings. The van der Waals surface area contributed by atoms with Crippen LogP contribution < -0.4 is 10.6 Å². The molecule has 0 spiro atoms. The summed E-state index contributed by atoms with van der Waals surface area (Å²) in [5.74, 6) is 1.25. The molecule has 0 aliphatic heterocycles. The van der Waals surface area contributed by atoms with Gasteiger partial charge in [-0.25, -0.2) is 4.79 Å². The minimum absolute atomic E-state index is 0.339. The van der Waals surface area contributed by atoms with Crippen molar-refractivity contribution in [3.05, 3.63) is 52.4 Å². The van der Waals surface area contributed by atoms with E-state index >= 15 is 0 Å². The maximum Gasteiger partial charge on any atom is 0.337 e. The molecule has 0 saturated heterocycles. The lowest BCUT2D eigenvalue weighted by molar-refractivity contribution is 0.0600. The molecule has 140 valence electrons. The van der Waals surface area contributed by atoms with Gasteiger partial charge in [-0.1, -0.05) is 31.1 Å². The molecular weight excluding hydrogens is 332 g/mol. The Balaban J connectivity index is 1.92. The van der Waals surface area contributed by atoms with Crippen molar-refractivity contribution < 1.29 is 14.1 Å². The number of rotatable bonds is 7. The molecule has 1 aromatic heterocycles. The quantitative estimate of drug-likeness (QED) is 0.449. The highest BCUT2D eigenvalue weighted by Gasteiger charge is 2.13. The number of carbonyl (C=O) groups is 1. The van der Waals surface area contributed by atoms with E-state index in [1.807, 2.05) is 12.1 Å². The molecule has 0 unspecified atom stereocenters. The van der Waals surface area contributed by atoms with Gasteiger partial charge in [-0.15, -0.1) is 0 Å². The van der Waals surface area contributed by atoms with Crippen LogP contribution >= 0.6 is 0 Å². The average molecular weight is 358 g/mol. The Bertz CT molecular complexity index is 729. The number of benzene rings is 1. The molecule has 0 aliphatic rings. The highest BCUT2D eigenvalue weighted by atomic mass is 16.5. The van der Waals surface area contributed by atoms with Crippen molar-refractivity contribution in [2.75, 3.05) is 14.2 Å². The van der Waals surface area contributed by atoms with E-state index in [9.17, 15) is 4.79 Å². The van der Waals surface area contributed by atoms with Crippen molar-refractivity contribution in [3.63, 3.8) is 0 Å². The van der Waals surface area contributed by atoms with Crippen molar-refractivity contribution in [3.8, 4) is 0 Å². The van der Waals surface area contributed by atoms with Crippen LogP contribution in [0.5, 0.6) is 0 Å². The van der Waals surface area contributed by atoms with Crippen LogP contribution in [0.25, 0.3) is 0 Å². The van der Waals surface area contributed by atoms with Crippen LogP contribution in [0.4, 0.5) is 0 Å². The summed E-state index contributed by atoms with van der Waals surface area (Å²) >= 11 is 0. The van der Waals surface area contributed by atoms with Gasteiger partial charge in [-0.3, -0.25) is 4.99 Å². The molecule has 2 rings (SSSR count). The molecule has 0 radical (unpaired) electrons. The Morgan fingerprint density at radius 1 is 1.15 bits per heavy atom. The largest absolute Gasteiger partial charge is 0.465 e. The number of carbonyl (C=O) groups excluding carboxylic acids is 1. The summed E-state index contributed by atoms with van der Waals surface area (Å²) in [6.45, 7) is 5.31. The number of ether oxygens (including phenoxy) is 1. The summed E-state index contributed by atoms with van der Waals surface area (Å²) in [5.41, 5.74) is 3.64. The lowest BCUT2D eigenvalue weighted by atomic mass is 10.1. The minimum atomic E-state index is -0.339. The molecule has 0 bridgehead atoms. The first-order valence-electron chi connectivity index (χ1n) is 8.70. The topological polar surface area (TPSA) is 88.8 Å². The molecule has 0 amide bonds. The summed E-state index contributed by atoms with van der Waals surface area (Å²) in [7, 11) is 3.10. The zero-order valence-corrected chi connectivity index (χ0v) is 15.8. The van der Waals surface area contributed by atoms with Gasteiger partial charge in [0.15, 0.2) is 5.96 Å². The first-order chi connectivity index (χ1) is 12.6. The first kappa shape index (κ1) is 19.5. The number of guanidine groups is 1. The molecule has 0 atom stereocenters. The number of hydrogen-bond acceptors (Lipinski definition) is 5. The second kappa shape index (κ2) is 9.60. The van der Waals surface area contributed by atoms with Gasteiger partial charge in [0, 0.05) is 32.1 Å².